The van der Waals surface area contributed by atoms with E-state index in [-0.39, 0.29) is 24.4 Å². The number of carboxylic acids is 2. The molecule has 4 rings (SSSR count). The lowest BCUT2D eigenvalue weighted by atomic mass is 9.95. The molecule has 0 radical (unpaired) electrons. The number of nitrogens with one attached hydrogen (secondary N) is 1. The van der Waals surface area contributed by atoms with Crippen LogP contribution in [0.5, 0.6) is 0 Å². The predicted molar refractivity (Wildman–Crippen MR) is 148 cm³/mol. The Morgan fingerprint density at radius 3 is 2.23 bits per heavy atom. The van der Waals surface area contributed by atoms with Crippen LogP contribution in [0.15, 0.2) is 48.5 Å². The normalized spacial score (nSPS) is 14.2. The summed E-state index contributed by atoms with van der Waals surface area (Å²) in [6.45, 7) is 10.0. The summed E-state index contributed by atoms with van der Waals surface area (Å²) < 4.78 is 2.17. The van der Waals surface area contributed by atoms with Crippen LogP contribution in [0.2, 0.25) is 0 Å². The van der Waals surface area contributed by atoms with Crippen molar-refractivity contribution in [3.8, 4) is 0 Å². The molecule has 10 heteroatoms. The van der Waals surface area contributed by atoms with Gasteiger partial charge in [0, 0.05) is 41.3 Å². The van der Waals surface area contributed by atoms with Gasteiger partial charge in [-0.3, -0.25) is 9.59 Å². The summed E-state index contributed by atoms with van der Waals surface area (Å²) in [5, 5.41) is 18.9. The van der Waals surface area contributed by atoms with E-state index in [9.17, 15) is 9.59 Å². The van der Waals surface area contributed by atoms with E-state index in [1.54, 1.807) is 4.90 Å². The fourth-order valence-electron chi connectivity index (χ4n) is 5.02. The van der Waals surface area contributed by atoms with Crippen molar-refractivity contribution in [1.82, 2.24) is 19.7 Å². The second kappa shape index (κ2) is 13.1. The van der Waals surface area contributed by atoms with E-state index in [0.717, 1.165) is 53.8 Å². The molecule has 0 spiro atoms. The van der Waals surface area contributed by atoms with Gasteiger partial charge in [0.1, 0.15) is 6.54 Å². The molecule has 0 aliphatic carbocycles. The van der Waals surface area contributed by atoms with Crippen LogP contribution < -0.4 is 5.32 Å². The lowest BCUT2D eigenvalue weighted by molar-refractivity contribution is -0.159. The Hall–Kier alpha value is -4.18. The van der Waals surface area contributed by atoms with E-state index in [0.29, 0.717) is 12.1 Å². The van der Waals surface area contributed by atoms with Crippen molar-refractivity contribution in [2.75, 3.05) is 32.7 Å². The summed E-state index contributed by atoms with van der Waals surface area (Å²) in [6, 6.07) is 15.7. The molecule has 2 amide bonds. The Bertz CT molecular complexity index is 1350. The van der Waals surface area contributed by atoms with Crippen LogP contribution in [-0.4, -0.2) is 81.1 Å². The summed E-state index contributed by atoms with van der Waals surface area (Å²) in [4.78, 5) is 48.6. The van der Waals surface area contributed by atoms with Gasteiger partial charge in [-0.25, -0.2) is 9.59 Å². The molecule has 3 N–H and O–H groups in total. The van der Waals surface area contributed by atoms with Gasteiger partial charge < -0.3 is 29.9 Å². The number of carbonyl (C=O) groups is 4. The average Bonchev–Trinajstić information content (AvgIpc) is 3.34. The van der Waals surface area contributed by atoms with E-state index in [1.165, 1.54) is 0 Å². The maximum absolute atomic E-state index is 13.4. The minimum atomic E-state index is -1.82. The summed E-state index contributed by atoms with van der Waals surface area (Å²) in [6.07, 6.45) is 0.896. The van der Waals surface area contributed by atoms with Gasteiger partial charge in [0.25, 0.3) is 5.91 Å². The van der Waals surface area contributed by atoms with E-state index in [1.807, 2.05) is 36.4 Å². The number of rotatable bonds is 9. The van der Waals surface area contributed by atoms with Crippen LogP contribution in [0, 0.1) is 6.92 Å². The molecule has 2 aromatic carbocycles. The molecule has 2 heterocycles. The number of aliphatic carboxylic acids is 2. The molecule has 0 bridgehead atoms. The van der Waals surface area contributed by atoms with Gasteiger partial charge in [0.15, 0.2) is 0 Å². The Morgan fingerprint density at radius 2 is 1.59 bits per heavy atom. The van der Waals surface area contributed by atoms with Crippen molar-refractivity contribution >= 4 is 34.7 Å². The molecular formula is C29H36N4O6. The minimum absolute atomic E-state index is 0.0477. The maximum Gasteiger partial charge on any atom is 0.414 e. The number of hydrogen-bond acceptors (Lipinski definition) is 5. The summed E-state index contributed by atoms with van der Waals surface area (Å²) in [5.41, 5.74) is 4.99. The maximum atomic E-state index is 13.4. The number of carboxylic acid groups (broad SMARTS) is 2. The smallest absolute Gasteiger partial charge is 0.414 e. The van der Waals surface area contributed by atoms with E-state index in [4.69, 9.17) is 19.8 Å². The SMILES string of the molecule is CCN(CC)CCCNC(=O)CN1C(=O)c2ccccc2C1c1c(C)n(C)c2ccccc12.O=C(O)C(=O)O. The number of nitrogens with zero attached hydrogens (tertiary/aromatic N) is 3. The molecule has 1 unspecified atom stereocenters. The van der Waals surface area contributed by atoms with Crippen LogP contribution in [-0.2, 0) is 21.4 Å². The fourth-order valence-corrected chi connectivity index (χ4v) is 5.02. The van der Waals surface area contributed by atoms with Gasteiger partial charge in [-0.1, -0.05) is 50.2 Å². The highest BCUT2D eigenvalue weighted by Crippen LogP contribution is 2.43. The molecule has 39 heavy (non-hydrogen) atoms. The molecule has 1 aliphatic rings. The molecule has 1 atom stereocenters. The van der Waals surface area contributed by atoms with Gasteiger partial charge >= 0.3 is 11.9 Å². The zero-order chi connectivity index (χ0) is 28.7. The van der Waals surface area contributed by atoms with Gasteiger partial charge in [-0.15, -0.1) is 0 Å². The monoisotopic (exact) mass is 536 g/mol. The number of fused-ring (bicyclic) bond motifs is 2. The second-order valence-electron chi connectivity index (χ2n) is 9.34. The lowest BCUT2D eigenvalue weighted by Crippen LogP contribution is -2.40. The second-order valence-corrected chi connectivity index (χ2v) is 9.34. The van der Waals surface area contributed by atoms with Gasteiger partial charge in [-0.2, -0.15) is 0 Å². The highest BCUT2D eigenvalue weighted by molar-refractivity contribution is 6.27. The third kappa shape index (κ3) is 6.46. The third-order valence-electron chi connectivity index (χ3n) is 7.14. The van der Waals surface area contributed by atoms with Crippen molar-refractivity contribution in [1.29, 1.82) is 0 Å². The van der Waals surface area contributed by atoms with Gasteiger partial charge in [-0.05, 0) is 50.7 Å². The Morgan fingerprint density at radius 1 is 0.974 bits per heavy atom. The molecule has 208 valence electrons. The lowest BCUT2D eigenvalue weighted by Gasteiger charge is -2.26. The molecule has 0 saturated heterocycles. The highest BCUT2D eigenvalue weighted by atomic mass is 16.4. The van der Waals surface area contributed by atoms with Crippen molar-refractivity contribution in [3.05, 3.63) is 70.9 Å². The van der Waals surface area contributed by atoms with Crippen molar-refractivity contribution in [2.45, 2.75) is 33.2 Å². The van der Waals surface area contributed by atoms with Crippen LogP contribution in [0.1, 0.15) is 53.5 Å². The molecule has 0 fully saturated rings. The van der Waals surface area contributed by atoms with Crippen molar-refractivity contribution < 1.29 is 29.4 Å². The van der Waals surface area contributed by atoms with E-state index < -0.39 is 11.9 Å². The van der Waals surface area contributed by atoms with Crippen molar-refractivity contribution in [3.63, 3.8) is 0 Å². The molecule has 1 aromatic heterocycles. The topological polar surface area (TPSA) is 132 Å². The first-order valence-electron chi connectivity index (χ1n) is 13.0. The van der Waals surface area contributed by atoms with Crippen LogP contribution in [0.25, 0.3) is 10.9 Å². The Kier molecular flexibility index (Phi) is 9.84. The zero-order valence-electron chi connectivity index (χ0n) is 22.8. The van der Waals surface area contributed by atoms with E-state index in [2.05, 4.69) is 54.7 Å². The van der Waals surface area contributed by atoms with Crippen LogP contribution in [0.4, 0.5) is 0 Å². The van der Waals surface area contributed by atoms with E-state index >= 15 is 0 Å². The molecule has 3 aromatic rings. The summed E-state index contributed by atoms with van der Waals surface area (Å²) in [5.74, 6) is -3.84. The van der Waals surface area contributed by atoms with Crippen LogP contribution in [0.3, 0.4) is 0 Å². The quantitative estimate of drug-likeness (QED) is 0.283. The first-order chi connectivity index (χ1) is 18.6. The van der Waals surface area contributed by atoms with Crippen LogP contribution >= 0.6 is 0 Å². The first kappa shape index (κ1) is 29.4. The number of carbonyl (C=O) groups excluding carboxylic acids is 2. The fraction of sp³-hybridized carbons (Fsp3) is 0.379. The highest BCUT2D eigenvalue weighted by Gasteiger charge is 2.40. The Balaban J connectivity index is 0.000000631. The van der Waals surface area contributed by atoms with Gasteiger partial charge in [0.05, 0.1) is 6.04 Å². The predicted octanol–water partition coefficient (Wildman–Crippen LogP) is 3.04. The third-order valence-corrected chi connectivity index (χ3v) is 7.14. The zero-order valence-corrected chi connectivity index (χ0v) is 22.8. The number of para-hydroxylation sites is 1. The number of hydrogen-bond donors (Lipinski definition) is 3. The van der Waals surface area contributed by atoms with Crippen molar-refractivity contribution in [2.24, 2.45) is 7.05 Å². The molecule has 1 aliphatic heterocycles. The average molecular weight is 537 g/mol. The number of amides is 2. The summed E-state index contributed by atoms with van der Waals surface area (Å²) in [7, 11) is 2.05. The van der Waals surface area contributed by atoms with Gasteiger partial charge in [0.2, 0.25) is 5.91 Å². The molecule has 10 nitrogen and oxygen atoms in total. The Labute approximate surface area is 227 Å². The molecular weight excluding hydrogens is 500 g/mol. The number of benzene rings is 2. The standard InChI is InChI=1S/C27H34N4O2.C2H2O4/c1-5-30(6-2)17-11-16-28-24(32)18-31-26(20-12-7-8-13-21(20)27(31)33)25-19(3)29(4)23-15-10-9-14-22(23)25;3-1(4)2(5)6/h7-10,12-15,26H,5-6,11,16-18H2,1-4H3,(H,28,32);(H,3,4)(H,5,6). The minimum Gasteiger partial charge on any atom is -0.473 e. The number of aromatic nitrogens is 1. The largest absolute Gasteiger partial charge is 0.473 e. The summed E-state index contributed by atoms with van der Waals surface area (Å²) >= 11 is 0. The first-order valence-corrected chi connectivity index (χ1v) is 13.0. The number of aryl methyl sites for hydroxylation is 1. The molecule has 0 saturated carbocycles.